The van der Waals surface area contributed by atoms with Crippen molar-refractivity contribution in [3.8, 4) is 0 Å². The summed E-state index contributed by atoms with van der Waals surface area (Å²) in [4.78, 5) is 25.5. The van der Waals surface area contributed by atoms with Crippen molar-refractivity contribution in [2.24, 2.45) is 5.92 Å². The number of hydrogen-bond acceptors (Lipinski definition) is 2. The molecule has 3 aromatic carbocycles. The number of amides is 2. The monoisotopic (exact) mass is 612 g/mol. The number of nitrogens with one attached hydrogen (secondary N) is 2. The van der Waals surface area contributed by atoms with Crippen LogP contribution < -0.4 is 10.6 Å². The summed E-state index contributed by atoms with van der Waals surface area (Å²) >= 11 is 30.9. The highest BCUT2D eigenvalue weighted by molar-refractivity contribution is 6.53. The maximum atomic E-state index is 13.5. The Morgan fingerprint density at radius 1 is 0.865 bits per heavy atom. The van der Waals surface area contributed by atoms with Crippen LogP contribution in [-0.2, 0) is 11.0 Å². The SMILES string of the molecule is O=C(Nc1cc(NC(=O)[C@H]2[C@H](c3cc(Cl)cc(Cl)c3)C2(Cl)Cl)ccc1Cl)c1ccc(F)c(C(F)(F)F)c1. The average Bonchev–Trinajstić information content (AvgIpc) is 3.37. The minimum absolute atomic E-state index is 0.0145. The third kappa shape index (κ3) is 5.94. The van der Waals surface area contributed by atoms with Crippen molar-refractivity contribution in [1.82, 2.24) is 0 Å². The van der Waals surface area contributed by atoms with E-state index in [4.69, 9.17) is 58.0 Å². The lowest BCUT2D eigenvalue weighted by Crippen LogP contribution is -2.18. The first-order valence-electron chi connectivity index (χ1n) is 10.3. The van der Waals surface area contributed by atoms with Crippen LogP contribution in [0.5, 0.6) is 0 Å². The van der Waals surface area contributed by atoms with Gasteiger partial charge in [0, 0.05) is 27.2 Å². The molecule has 0 saturated heterocycles. The van der Waals surface area contributed by atoms with Crippen LogP contribution in [-0.4, -0.2) is 16.1 Å². The van der Waals surface area contributed by atoms with Crippen molar-refractivity contribution in [1.29, 1.82) is 0 Å². The number of alkyl halides is 5. The van der Waals surface area contributed by atoms with Crippen molar-refractivity contribution in [2.45, 2.75) is 16.4 Å². The lowest BCUT2D eigenvalue weighted by Gasteiger charge is -2.12. The zero-order valence-electron chi connectivity index (χ0n) is 18.1. The van der Waals surface area contributed by atoms with Crippen LogP contribution in [0.3, 0.4) is 0 Å². The van der Waals surface area contributed by atoms with Crippen molar-refractivity contribution in [3.63, 3.8) is 0 Å². The average molecular weight is 615 g/mol. The molecule has 2 amide bonds. The second-order valence-electron chi connectivity index (χ2n) is 8.16. The molecule has 194 valence electrons. The molecule has 0 aromatic heterocycles. The van der Waals surface area contributed by atoms with E-state index in [1.807, 2.05) is 0 Å². The topological polar surface area (TPSA) is 58.2 Å². The summed E-state index contributed by atoms with van der Waals surface area (Å²) in [6.45, 7) is 0. The van der Waals surface area contributed by atoms with Gasteiger partial charge < -0.3 is 10.6 Å². The van der Waals surface area contributed by atoms with Gasteiger partial charge in [-0.15, -0.1) is 23.2 Å². The molecule has 4 rings (SSSR count). The van der Waals surface area contributed by atoms with E-state index in [0.717, 1.165) is 6.07 Å². The molecule has 37 heavy (non-hydrogen) atoms. The molecule has 2 atom stereocenters. The molecular weight excluding hydrogens is 602 g/mol. The van der Waals surface area contributed by atoms with Gasteiger partial charge in [0.05, 0.1) is 22.2 Å². The fourth-order valence-electron chi connectivity index (χ4n) is 3.82. The van der Waals surface area contributed by atoms with Gasteiger partial charge in [0.25, 0.3) is 5.91 Å². The lowest BCUT2D eigenvalue weighted by molar-refractivity contribution is -0.140. The van der Waals surface area contributed by atoms with Gasteiger partial charge in [-0.05, 0) is 60.2 Å². The molecular formula is C24H13Cl5F4N2O2. The molecule has 1 aliphatic rings. The largest absolute Gasteiger partial charge is 0.419 e. The fraction of sp³-hybridized carbons (Fsp3) is 0.167. The summed E-state index contributed by atoms with van der Waals surface area (Å²) in [5.41, 5.74) is -1.28. The normalized spacial score (nSPS) is 18.3. The maximum absolute atomic E-state index is 13.5. The van der Waals surface area contributed by atoms with Crippen molar-refractivity contribution >= 4 is 81.2 Å². The third-order valence-corrected chi connectivity index (χ3v) is 7.30. The van der Waals surface area contributed by atoms with E-state index in [0.29, 0.717) is 27.7 Å². The van der Waals surface area contributed by atoms with Crippen LogP contribution in [0, 0.1) is 11.7 Å². The zero-order valence-corrected chi connectivity index (χ0v) is 21.8. The number of hydrogen-bond donors (Lipinski definition) is 2. The predicted molar refractivity (Wildman–Crippen MR) is 137 cm³/mol. The van der Waals surface area contributed by atoms with Crippen LogP contribution in [0.25, 0.3) is 0 Å². The molecule has 0 heterocycles. The van der Waals surface area contributed by atoms with Crippen LogP contribution in [0.4, 0.5) is 28.9 Å². The molecule has 0 bridgehead atoms. The number of carbonyl (C=O) groups excluding carboxylic acids is 2. The van der Waals surface area contributed by atoms with Crippen molar-refractivity contribution in [3.05, 3.63) is 92.2 Å². The minimum Gasteiger partial charge on any atom is -0.326 e. The van der Waals surface area contributed by atoms with E-state index in [1.165, 1.54) is 24.3 Å². The number of carbonyl (C=O) groups is 2. The Kier molecular flexibility index (Phi) is 7.63. The lowest BCUT2D eigenvalue weighted by atomic mass is 10.1. The Hall–Kier alpha value is -2.23. The highest BCUT2D eigenvalue weighted by Crippen LogP contribution is 2.65. The summed E-state index contributed by atoms with van der Waals surface area (Å²) in [5.74, 6) is -4.49. The van der Waals surface area contributed by atoms with Gasteiger partial charge in [-0.1, -0.05) is 34.8 Å². The number of rotatable bonds is 5. The number of benzene rings is 3. The Labute approximate surface area is 232 Å². The second-order valence-corrected chi connectivity index (χ2v) is 10.9. The van der Waals surface area contributed by atoms with Crippen molar-refractivity contribution in [2.75, 3.05) is 10.6 Å². The molecule has 3 aromatic rings. The van der Waals surface area contributed by atoms with Gasteiger partial charge in [-0.25, -0.2) is 4.39 Å². The molecule has 0 aliphatic heterocycles. The first-order valence-corrected chi connectivity index (χ1v) is 12.2. The van der Waals surface area contributed by atoms with E-state index in [2.05, 4.69) is 10.6 Å². The summed E-state index contributed by atoms with van der Waals surface area (Å²) in [6.07, 6.45) is -4.99. The first-order chi connectivity index (χ1) is 17.2. The highest BCUT2D eigenvalue weighted by Gasteiger charge is 2.67. The van der Waals surface area contributed by atoms with Gasteiger partial charge in [-0.2, -0.15) is 13.2 Å². The first kappa shape index (κ1) is 27.8. The number of halogens is 9. The summed E-state index contributed by atoms with van der Waals surface area (Å²) in [5, 5.41) is 5.70. The van der Waals surface area contributed by atoms with Crippen molar-refractivity contribution < 1.29 is 27.2 Å². The minimum atomic E-state index is -4.99. The fourth-order valence-corrected chi connectivity index (χ4v) is 5.36. The molecule has 13 heteroatoms. The van der Waals surface area contributed by atoms with Crippen LogP contribution >= 0.6 is 58.0 Å². The van der Waals surface area contributed by atoms with E-state index < -0.39 is 51.1 Å². The third-order valence-electron chi connectivity index (χ3n) is 5.60. The molecule has 4 nitrogen and oxygen atoms in total. The van der Waals surface area contributed by atoms with Gasteiger partial charge in [0.1, 0.15) is 10.2 Å². The Morgan fingerprint density at radius 3 is 2.14 bits per heavy atom. The summed E-state index contributed by atoms with van der Waals surface area (Å²) < 4.78 is 51.1. The molecule has 1 aliphatic carbocycles. The molecule has 2 N–H and O–H groups in total. The van der Waals surface area contributed by atoms with E-state index in [1.54, 1.807) is 12.1 Å². The van der Waals surface area contributed by atoms with E-state index in [9.17, 15) is 27.2 Å². The number of anilines is 2. The zero-order chi connectivity index (χ0) is 27.3. The Balaban J connectivity index is 1.51. The predicted octanol–water partition coefficient (Wildman–Crippen LogP) is 8.58. The van der Waals surface area contributed by atoms with Crippen LogP contribution in [0.1, 0.15) is 27.4 Å². The van der Waals surface area contributed by atoms with Crippen LogP contribution in [0.15, 0.2) is 54.6 Å². The quantitative estimate of drug-likeness (QED) is 0.223. The smallest absolute Gasteiger partial charge is 0.326 e. The maximum Gasteiger partial charge on any atom is 0.419 e. The standard InChI is InChI=1S/C24H13Cl5F4N2O2/c25-12-5-11(6-13(26)8-12)19-20(23(19,28)29)22(37)34-14-2-3-16(27)18(9-14)35-21(36)10-1-4-17(30)15(7-10)24(31,32)33/h1-9,19-20H,(H,34,37)(H,35,36)/t19-,20+/m0/s1. The van der Waals surface area contributed by atoms with E-state index in [-0.39, 0.29) is 16.4 Å². The molecule has 0 unspecified atom stereocenters. The van der Waals surface area contributed by atoms with Gasteiger partial charge >= 0.3 is 6.18 Å². The Bertz CT molecular complexity index is 1390. The second kappa shape index (κ2) is 10.2. The van der Waals surface area contributed by atoms with E-state index >= 15 is 0 Å². The van der Waals surface area contributed by atoms with Gasteiger partial charge in [0.2, 0.25) is 5.91 Å². The molecule has 0 spiro atoms. The highest BCUT2D eigenvalue weighted by atomic mass is 35.5. The van der Waals surface area contributed by atoms with Gasteiger partial charge in [-0.3, -0.25) is 9.59 Å². The Morgan fingerprint density at radius 2 is 1.51 bits per heavy atom. The molecule has 1 saturated carbocycles. The summed E-state index contributed by atoms with van der Waals surface area (Å²) in [6, 6.07) is 10.6. The summed E-state index contributed by atoms with van der Waals surface area (Å²) in [7, 11) is 0. The molecule has 0 radical (unpaired) electrons. The molecule has 1 fully saturated rings. The van der Waals surface area contributed by atoms with Gasteiger partial charge in [0.15, 0.2) is 0 Å². The van der Waals surface area contributed by atoms with Crippen LogP contribution in [0.2, 0.25) is 15.1 Å².